The van der Waals surface area contributed by atoms with E-state index in [9.17, 15) is 22.8 Å². The molecular weight excluding hydrogens is 325 g/mol. The summed E-state index contributed by atoms with van der Waals surface area (Å²) in [5.74, 6) is -1.11. The summed E-state index contributed by atoms with van der Waals surface area (Å²) in [6, 6.07) is 2.26. The number of alkyl halides is 3. The maximum absolute atomic E-state index is 13.1. The standard InChI is InChI=1S/C16H21F3N2O3/c1-4-8-21(9-5-2)15(23)20-14(22)12-7-6-11(24-3)10-13(12)16(17,18)19/h6-7,10H,4-5,8-9H2,1-3H3,(H,20,22,23). The third-order valence-electron chi connectivity index (χ3n) is 3.27. The number of carbonyl (C=O) groups is 2. The molecule has 8 heteroatoms. The number of ether oxygens (including phenoxy) is 1. The number of urea groups is 1. The molecule has 0 saturated heterocycles. The van der Waals surface area contributed by atoms with E-state index in [2.05, 4.69) is 0 Å². The van der Waals surface area contributed by atoms with Gasteiger partial charge in [-0.2, -0.15) is 13.2 Å². The Bertz CT molecular complexity index is 582. The van der Waals surface area contributed by atoms with E-state index in [0.717, 1.165) is 12.1 Å². The molecule has 0 radical (unpaired) electrons. The van der Waals surface area contributed by atoms with E-state index in [1.807, 2.05) is 19.2 Å². The smallest absolute Gasteiger partial charge is 0.417 e. The van der Waals surface area contributed by atoms with Crippen LogP contribution in [0.15, 0.2) is 18.2 Å². The van der Waals surface area contributed by atoms with Crippen molar-refractivity contribution in [3.05, 3.63) is 29.3 Å². The van der Waals surface area contributed by atoms with Gasteiger partial charge < -0.3 is 9.64 Å². The summed E-state index contributed by atoms with van der Waals surface area (Å²) >= 11 is 0. The highest BCUT2D eigenvalue weighted by Gasteiger charge is 2.36. The minimum absolute atomic E-state index is 0.0243. The zero-order valence-corrected chi connectivity index (χ0v) is 13.9. The van der Waals surface area contributed by atoms with Gasteiger partial charge in [-0.15, -0.1) is 0 Å². The Morgan fingerprint density at radius 3 is 2.21 bits per heavy atom. The number of halogens is 3. The molecule has 24 heavy (non-hydrogen) atoms. The molecule has 1 rings (SSSR count). The second-order valence-electron chi connectivity index (χ2n) is 5.16. The molecule has 0 aliphatic rings. The Labute approximate surface area is 138 Å². The van der Waals surface area contributed by atoms with Gasteiger partial charge in [-0.1, -0.05) is 13.8 Å². The SMILES string of the molecule is CCCN(CCC)C(=O)NC(=O)c1ccc(OC)cc1C(F)(F)F. The summed E-state index contributed by atoms with van der Waals surface area (Å²) in [6.07, 6.45) is -3.38. The highest BCUT2D eigenvalue weighted by Crippen LogP contribution is 2.34. The van der Waals surface area contributed by atoms with Gasteiger partial charge in [0.15, 0.2) is 0 Å². The van der Waals surface area contributed by atoms with Crippen molar-refractivity contribution in [2.24, 2.45) is 0 Å². The van der Waals surface area contributed by atoms with Gasteiger partial charge in [-0.3, -0.25) is 10.1 Å². The molecule has 0 spiro atoms. The number of nitrogens with one attached hydrogen (secondary N) is 1. The number of rotatable bonds is 6. The van der Waals surface area contributed by atoms with Crippen LogP contribution in [0, 0.1) is 0 Å². The third-order valence-corrected chi connectivity index (χ3v) is 3.27. The van der Waals surface area contributed by atoms with Crippen LogP contribution in [0.1, 0.15) is 42.6 Å². The lowest BCUT2D eigenvalue weighted by atomic mass is 10.1. The van der Waals surface area contributed by atoms with Crippen molar-refractivity contribution < 1.29 is 27.5 Å². The molecule has 0 atom stereocenters. The topological polar surface area (TPSA) is 58.6 Å². The lowest BCUT2D eigenvalue weighted by Gasteiger charge is -2.22. The average Bonchev–Trinajstić information content (AvgIpc) is 2.53. The van der Waals surface area contributed by atoms with Gasteiger partial charge >= 0.3 is 12.2 Å². The second kappa shape index (κ2) is 8.56. The first-order valence-electron chi connectivity index (χ1n) is 7.60. The first kappa shape index (κ1) is 19.8. The minimum Gasteiger partial charge on any atom is -0.497 e. The molecule has 5 nitrogen and oxygen atoms in total. The Kier molecular flexibility index (Phi) is 7.06. The summed E-state index contributed by atoms with van der Waals surface area (Å²) in [4.78, 5) is 25.6. The van der Waals surface area contributed by atoms with E-state index in [4.69, 9.17) is 4.74 Å². The zero-order chi connectivity index (χ0) is 18.3. The van der Waals surface area contributed by atoms with Gasteiger partial charge in [0.2, 0.25) is 0 Å². The zero-order valence-electron chi connectivity index (χ0n) is 13.9. The fourth-order valence-electron chi connectivity index (χ4n) is 2.18. The third kappa shape index (κ3) is 5.14. The van der Waals surface area contributed by atoms with E-state index in [-0.39, 0.29) is 5.75 Å². The Balaban J connectivity index is 3.04. The molecule has 3 amide bonds. The van der Waals surface area contributed by atoms with Crippen LogP contribution in [0.3, 0.4) is 0 Å². The molecule has 0 bridgehead atoms. The van der Waals surface area contributed by atoms with Crippen molar-refractivity contribution in [2.75, 3.05) is 20.2 Å². The Hall–Kier alpha value is -2.25. The lowest BCUT2D eigenvalue weighted by Crippen LogP contribution is -2.44. The van der Waals surface area contributed by atoms with E-state index < -0.39 is 29.2 Å². The van der Waals surface area contributed by atoms with Gasteiger partial charge in [0, 0.05) is 13.1 Å². The highest BCUT2D eigenvalue weighted by molar-refractivity contribution is 6.05. The van der Waals surface area contributed by atoms with Crippen LogP contribution >= 0.6 is 0 Å². The van der Waals surface area contributed by atoms with Crippen molar-refractivity contribution in [1.82, 2.24) is 10.2 Å². The molecule has 1 aromatic carbocycles. The number of amides is 3. The summed E-state index contributed by atoms with van der Waals surface area (Å²) in [5.41, 5.74) is -1.77. The summed E-state index contributed by atoms with van der Waals surface area (Å²) in [6.45, 7) is 4.56. The number of hydrogen-bond acceptors (Lipinski definition) is 3. The fraction of sp³-hybridized carbons (Fsp3) is 0.500. The van der Waals surface area contributed by atoms with Crippen LogP contribution in [0.5, 0.6) is 5.75 Å². The quantitative estimate of drug-likeness (QED) is 0.855. The van der Waals surface area contributed by atoms with Crippen molar-refractivity contribution in [1.29, 1.82) is 0 Å². The summed E-state index contributed by atoms with van der Waals surface area (Å²) in [7, 11) is 1.23. The van der Waals surface area contributed by atoms with Crippen LogP contribution in [-0.2, 0) is 6.18 Å². The largest absolute Gasteiger partial charge is 0.497 e. The van der Waals surface area contributed by atoms with Crippen molar-refractivity contribution in [2.45, 2.75) is 32.9 Å². The summed E-state index contributed by atoms with van der Waals surface area (Å²) < 4.78 is 44.2. The van der Waals surface area contributed by atoms with Crippen LogP contribution < -0.4 is 10.1 Å². The van der Waals surface area contributed by atoms with Gasteiger partial charge in [-0.25, -0.2) is 4.79 Å². The summed E-state index contributed by atoms with van der Waals surface area (Å²) in [5, 5.41) is 2.02. The Morgan fingerprint density at radius 1 is 1.17 bits per heavy atom. The molecule has 0 aliphatic heterocycles. The number of hydrogen-bond donors (Lipinski definition) is 1. The number of nitrogens with zero attached hydrogens (tertiary/aromatic N) is 1. The molecule has 0 fully saturated rings. The first-order chi connectivity index (χ1) is 11.2. The molecule has 134 valence electrons. The normalized spacial score (nSPS) is 11.1. The highest BCUT2D eigenvalue weighted by atomic mass is 19.4. The van der Waals surface area contributed by atoms with E-state index in [1.54, 1.807) is 0 Å². The minimum atomic E-state index is -4.74. The van der Waals surface area contributed by atoms with Crippen LogP contribution in [-0.4, -0.2) is 37.0 Å². The van der Waals surface area contributed by atoms with E-state index >= 15 is 0 Å². The molecule has 0 heterocycles. The van der Waals surface area contributed by atoms with Crippen molar-refractivity contribution in [3.63, 3.8) is 0 Å². The van der Waals surface area contributed by atoms with Gasteiger partial charge in [0.05, 0.1) is 18.2 Å². The second-order valence-corrected chi connectivity index (χ2v) is 5.16. The predicted octanol–water partition coefficient (Wildman–Crippen LogP) is 3.69. The monoisotopic (exact) mass is 346 g/mol. The maximum atomic E-state index is 13.1. The predicted molar refractivity (Wildman–Crippen MR) is 83.0 cm³/mol. The number of benzene rings is 1. The molecular formula is C16H21F3N2O3. The molecule has 0 saturated carbocycles. The number of methoxy groups -OCH3 is 1. The van der Waals surface area contributed by atoms with Gasteiger partial charge in [0.25, 0.3) is 5.91 Å². The fourth-order valence-corrected chi connectivity index (χ4v) is 2.18. The van der Waals surface area contributed by atoms with Gasteiger partial charge in [0.1, 0.15) is 5.75 Å². The number of imide groups is 1. The molecule has 0 aliphatic carbocycles. The number of carbonyl (C=O) groups excluding carboxylic acids is 2. The van der Waals surface area contributed by atoms with Crippen LogP contribution in [0.4, 0.5) is 18.0 Å². The van der Waals surface area contributed by atoms with Crippen molar-refractivity contribution in [3.8, 4) is 5.75 Å². The van der Waals surface area contributed by atoms with Crippen LogP contribution in [0.2, 0.25) is 0 Å². The average molecular weight is 346 g/mol. The van der Waals surface area contributed by atoms with E-state index in [1.165, 1.54) is 18.1 Å². The molecule has 1 N–H and O–H groups in total. The molecule has 0 aromatic heterocycles. The first-order valence-corrected chi connectivity index (χ1v) is 7.60. The van der Waals surface area contributed by atoms with Crippen molar-refractivity contribution >= 4 is 11.9 Å². The lowest BCUT2D eigenvalue weighted by molar-refractivity contribution is -0.138. The maximum Gasteiger partial charge on any atom is 0.417 e. The van der Waals surface area contributed by atoms with E-state index in [0.29, 0.717) is 25.9 Å². The van der Waals surface area contributed by atoms with Gasteiger partial charge in [-0.05, 0) is 31.0 Å². The Morgan fingerprint density at radius 2 is 1.75 bits per heavy atom. The molecule has 1 aromatic rings. The van der Waals surface area contributed by atoms with Crippen LogP contribution in [0.25, 0.3) is 0 Å². The molecule has 0 unspecified atom stereocenters.